The van der Waals surface area contributed by atoms with Gasteiger partial charge in [0.25, 0.3) is 5.88 Å². The van der Waals surface area contributed by atoms with Crippen molar-refractivity contribution in [2.24, 2.45) is 5.92 Å². The van der Waals surface area contributed by atoms with Crippen LogP contribution in [0.15, 0.2) is 0 Å². The summed E-state index contributed by atoms with van der Waals surface area (Å²) >= 11 is 5.91. The van der Waals surface area contributed by atoms with E-state index in [1.807, 2.05) is 13.8 Å². The number of halogens is 1. The van der Waals surface area contributed by atoms with Crippen LogP contribution in [0.25, 0.3) is 0 Å². The lowest BCUT2D eigenvalue weighted by Crippen LogP contribution is -2.04. The van der Waals surface area contributed by atoms with Gasteiger partial charge in [0.15, 0.2) is 5.15 Å². The summed E-state index contributed by atoms with van der Waals surface area (Å²) in [4.78, 5) is 8.40. The van der Waals surface area contributed by atoms with Gasteiger partial charge in [0.2, 0.25) is 0 Å². The molecular formula is C10H13ClN2O. The molecule has 4 heteroatoms. The fourth-order valence-electron chi connectivity index (χ4n) is 1.13. The molecular weight excluding hydrogens is 200 g/mol. The molecule has 0 N–H and O–H groups in total. The molecule has 0 amide bonds. The van der Waals surface area contributed by atoms with Crippen molar-refractivity contribution in [3.8, 4) is 5.88 Å². The predicted molar refractivity (Wildman–Crippen MR) is 54.7 cm³/mol. The number of aromatic nitrogens is 2. The number of hydrogen-bond acceptors (Lipinski definition) is 3. The van der Waals surface area contributed by atoms with Gasteiger partial charge in [-0.3, -0.25) is 0 Å². The molecule has 2 rings (SSSR count). The van der Waals surface area contributed by atoms with Crippen LogP contribution in [0, 0.1) is 19.8 Å². The van der Waals surface area contributed by atoms with Gasteiger partial charge in [-0.2, -0.15) is 0 Å². The van der Waals surface area contributed by atoms with Gasteiger partial charge >= 0.3 is 0 Å². The first-order chi connectivity index (χ1) is 6.66. The third-order valence-electron chi connectivity index (χ3n) is 2.39. The zero-order valence-electron chi connectivity index (χ0n) is 8.38. The minimum Gasteiger partial charge on any atom is -0.475 e. The highest BCUT2D eigenvalue weighted by Gasteiger charge is 2.22. The molecule has 1 fully saturated rings. The molecule has 1 heterocycles. The van der Waals surface area contributed by atoms with E-state index < -0.39 is 0 Å². The van der Waals surface area contributed by atoms with E-state index in [1.165, 1.54) is 12.8 Å². The molecule has 1 saturated carbocycles. The summed E-state index contributed by atoms with van der Waals surface area (Å²) in [5, 5.41) is 0.369. The second kappa shape index (κ2) is 3.73. The Hall–Kier alpha value is -0.830. The Labute approximate surface area is 88.5 Å². The minimum atomic E-state index is 0.369. The summed E-state index contributed by atoms with van der Waals surface area (Å²) in [6, 6.07) is 0. The van der Waals surface area contributed by atoms with E-state index >= 15 is 0 Å². The van der Waals surface area contributed by atoms with Crippen LogP contribution in [0.4, 0.5) is 0 Å². The van der Waals surface area contributed by atoms with Crippen LogP contribution < -0.4 is 4.74 Å². The van der Waals surface area contributed by atoms with Crippen molar-refractivity contribution < 1.29 is 4.74 Å². The van der Waals surface area contributed by atoms with Gasteiger partial charge in [0, 0.05) is 0 Å². The zero-order chi connectivity index (χ0) is 10.1. The molecule has 1 aromatic rings. The first-order valence-corrected chi connectivity index (χ1v) is 5.18. The van der Waals surface area contributed by atoms with Crippen molar-refractivity contribution in [3.05, 3.63) is 16.5 Å². The van der Waals surface area contributed by atoms with Gasteiger partial charge < -0.3 is 4.74 Å². The zero-order valence-corrected chi connectivity index (χ0v) is 9.14. The predicted octanol–water partition coefficient (Wildman–Crippen LogP) is 2.54. The largest absolute Gasteiger partial charge is 0.475 e. The maximum Gasteiger partial charge on any atom is 0.252 e. The van der Waals surface area contributed by atoms with Crippen molar-refractivity contribution >= 4 is 11.6 Å². The average molecular weight is 213 g/mol. The average Bonchev–Trinajstić information content (AvgIpc) is 2.92. The molecule has 0 aliphatic heterocycles. The summed E-state index contributed by atoms with van der Waals surface area (Å²) in [5.41, 5.74) is 1.73. The molecule has 14 heavy (non-hydrogen) atoms. The van der Waals surface area contributed by atoms with Crippen LogP contribution >= 0.6 is 11.6 Å². The number of rotatable bonds is 3. The van der Waals surface area contributed by atoms with Crippen molar-refractivity contribution in [1.29, 1.82) is 0 Å². The summed E-state index contributed by atoms with van der Waals surface area (Å²) in [5.74, 6) is 1.18. The third kappa shape index (κ3) is 2.15. The van der Waals surface area contributed by atoms with E-state index in [2.05, 4.69) is 9.97 Å². The number of aryl methyl sites for hydroxylation is 2. The van der Waals surface area contributed by atoms with E-state index in [0.717, 1.165) is 18.0 Å². The van der Waals surface area contributed by atoms with Crippen LogP contribution in [0.3, 0.4) is 0 Å². The summed E-state index contributed by atoms with van der Waals surface area (Å²) < 4.78 is 5.49. The number of hydrogen-bond donors (Lipinski definition) is 0. The van der Waals surface area contributed by atoms with E-state index in [9.17, 15) is 0 Å². The number of nitrogens with zero attached hydrogens (tertiary/aromatic N) is 2. The summed E-state index contributed by atoms with van der Waals surface area (Å²) in [6.07, 6.45) is 2.52. The quantitative estimate of drug-likeness (QED) is 0.773. The lowest BCUT2D eigenvalue weighted by Gasteiger charge is -2.07. The Morgan fingerprint density at radius 1 is 1.29 bits per heavy atom. The highest BCUT2D eigenvalue weighted by molar-refractivity contribution is 6.30. The van der Waals surface area contributed by atoms with Crippen LogP contribution in [-0.2, 0) is 0 Å². The first-order valence-electron chi connectivity index (χ1n) is 4.80. The molecule has 3 nitrogen and oxygen atoms in total. The standard InChI is InChI=1S/C10H13ClN2O/c1-6-7(2)13-10(9(11)12-6)14-5-8-3-4-8/h8H,3-5H2,1-2H3. The van der Waals surface area contributed by atoms with E-state index in [1.54, 1.807) is 0 Å². The fourth-order valence-corrected chi connectivity index (χ4v) is 1.35. The third-order valence-corrected chi connectivity index (χ3v) is 2.63. The van der Waals surface area contributed by atoms with E-state index in [4.69, 9.17) is 16.3 Å². The Balaban J connectivity index is 2.10. The van der Waals surface area contributed by atoms with Crippen molar-refractivity contribution in [1.82, 2.24) is 9.97 Å². The van der Waals surface area contributed by atoms with Crippen molar-refractivity contribution in [3.63, 3.8) is 0 Å². The van der Waals surface area contributed by atoms with Gasteiger partial charge in [-0.1, -0.05) is 11.6 Å². The van der Waals surface area contributed by atoms with Crippen molar-refractivity contribution in [2.45, 2.75) is 26.7 Å². The molecule has 0 aromatic carbocycles. The molecule has 1 aliphatic rings. The molecule has 1 aromatic heterocycles. The molecule has 0 unspecified atom stereocenters. The fraction of sp³-hybridized carbons (Fsp3) is 0.600. The van der Waals surface area contributed by atoms with Crippen LogP contribution in [0.2, 0.25) is 5.15 Å². The van der Waals surface area contributed by atoms with E-state index in [0.29, 0.717) is 17.0 Å². The van der Waals surface area contributed by atoms with E-state index in [-0.39, 0.29) is 0 Å². The molecule has 1 aliphatic carbocycles. The lowest BCUT2D eigenvalue weighted by molar-refractivity contribution is 0.286. The Morgan fingerprint density at radius 2 is 1.93 bits per heavy atom. The first kappa shape index (κ1) is 9.71. The minimum absolute atomic E-state index is 0.369. The second-order valence-corrected chi connectivity index (χ2v) is 4.10. The lowest BCUT2D eigenvalue weighted by atomic mass is 10.3. The molecule has 0 atom stereocenters. The Morgan fingerprint density at radius 3 is 2.57 bits per heavy atom. The highest BCUT2D eigenvalue weighted by Crippen LogP contribution is 2.30. The molecule has 76 valence electrons. The van der Waals surface area contributed by atoms with Gasteiger partial charge in [0.05, 0.1) is 18.0 Å². The second-order valence-electron chi connectivity index (χ2n) is 3.74. The molecule has 0 bridgehead atoms. The SMILES string of the molecule is Cc1nc(Cl)c(OCC2CC2)nc1C. The van der Waals surface area contributed by atoms with Crippen LogP contribution in [0.1, 0.15) is 24.2 Å². The highest BCUT2D eigenvalue weighted by atomic mass is 35.5. The Kier molecular flexibility index (Phi) is 2.59. The van der Waals surface area contributed by atoms with Crippen LogP contribution in [0.5, 0.6) is 5.88 Å². The number of ether oxygens (including phenoxy) is 1. The Bertz CT molecular complexity index is 350. The molecule has 0 spiro atoms. The van der Waals surface area contributed by atoms with Gasteiger partial charge in [-0.05, 0) is 32.6 Å². The van der Waals surface area contributed by atoms with Crippen molar-refractivity contribution in [2.75, 3.05) is 6.61 Å². The van der Waals surface area contributed by atoms with Gasteiger partial charge in [-0.15, -0.1) is 0 Å². The molecule has 0 saturated heterocycles. The van der Waals surface area contributed by atoms with Gasteiger partial charge in [-0.25, -0.2) is 9.97 Å². The smallest absolute Gasteiger partial charge is 0.252 e. The van der Waals surface area contributed by atoms with Crippen LogP contribution in [-0.4, -0.2) is 16.6 Å². The summed E-state index contributed by atoms with van der Waals surface area (Å²) in [7, 11) is 0. The monoisotopic (exact) mass is 212 g/mol. The normalized spacial score (nSPS) is 15.6. The maximum absolute atomic E-state index is 5.91. The van der Waals surface area contributed by atoms with Gasteiger partial charge in [0.1, 0.15) is 0 Å². The molecule has 0 radical (unpaired) electrons. The topological polar surface area (TPSA) is 35.0 Å². The maximum atomic E-state index is 5.91. The summed E-state index contributed by atoms with van der Waals surface area (Å²) in [6.45, 7) is 4.51.